The third kappa shape index (κ3) is 9.78. The molecule has 2 aliphatic rings. The Morgan fingerprint density at radius 1 is 1.04 bits per heavy atom. The van der Waals surface area contributed by atoms with Gasteiger partial charge in [-0.1, -0.05) is 43.9 Å². The summed E-state index contributed by atoms with van der Waals surface area (Å²) in [4.78, 5) is 29.3. The fraction of sp³-hybridized carbons (Fsp3) is 0.611. The molecule has 1 heterocycles. The molecule has 4 atom stereocenters. The lowest BCUT2D eigenvalue weighted by Gasteiger charge is -2.35. The van der Waals surface area contributed by atoms with Gasteiger partial charge in [0.2, 0.25) is 15.9 Å². The van der Waals surface area contributed by atoms with Crippen LogP contribution in [-0.2, 0) is 19.6 Å². The second kappa shape index (κ2) is 16.9. The summed E-state index contributed by atoms with van der Waals surface area (Å²) in [7, 11) is -2.22. The highest BCUT2D eigenvalue weighted by atomic mass is 32.2. The molecular formula is C36H53N3O7S. The summed E-state index contributed by atoms with van der Waals surface area (Å²) >= 11 is 0. The Morgan fingerprint density at radius 3 is 2.40 bits per heavy atom. The molecule has 11 heteroatoms. The van der Waals surface area contributed by atoms with E-state index in [1.807, 2.05) is 20.8 Å². The molecule has 1 aliphatic carbocycles. The zero-order valence-corrected chi connectivity index (χ0v) is 29.4. The average Bonchev–Trinajstić information content (AvgIpc) is 3.06. The molecule has 0 radical (unpaired) electrons. The number of amides is 2. The molecule has 0 aromatic heterocycles. The van der Waals surface area contributed by atoms with Crippen molar-refractivity contribution in [2.24, 2.45) is 11.8 Å². The Morgan fingerprint density at radius 2 is 1.72 bits per heavy atom. The van der Waals surface area contributed by atoms with Crippen molar-refractivity contribution in [2.45, 2.75) is 102 Å². The van der Waals surface area contributed by atoms with Crippen LogP contribution in [0.1, 0.15) is 88.1 Å². The fourth-order valence-electron chi connectivity index (χ4n) is 6.31. The van der Waals surface area contributed by atoms with Gasteiger partial charge in [0.15, 0.2) is 0 Å². The molecule has 0 unspecified atom stereocenters. The van der Waals surface area contributed by atoms with E-state index in [2.05, 4.69) is 5.32 Å². The van der Waals surface area contributed by atoms with E-state index in [9.17, 15) is 23.1 Å². The van der Waals surface area contributed by atoms with Crippen molar-refractivity contribution >= 4 is 27.5 Å². The van der Waals surface area contributed by atoms with E-state index in [1.54, 1.807) is 61.3 Å². The van der Waals surface area contributed by atoms with Crippen LogP contribution in [0.15, 0.2) is 47.4 Å². The number of sulfonamides is 1. The predicted octanol–water partition coefficient (Wildman–Crippen LogP) is 5.63. The van der Waals surface area contributed by atoms with Crippen molar-refractivity contribution in [1.29, 1.82) is 0 Å². The maximum atomic E-state index is 14.4. The molecule has 0 saturated heterocycles. The van der Waals surface area contributed by atoms with Gasteiger partial charge in [-0.25, -0.2) is 8.42 Å². The number of benzene rings is 2. The molecule has 47 heavy (non-hydrogen) atoms. The number of ether oxygens (including phenoxy) is 2. The third-order valence-corrected chi connectivity index (χ3v) is 11.3. The van der Waals surface area contributed by atoms with Crippen molar-refractivity contribution in [1.82, 2.24) is 9.21 Å². The second-order valence-corrected chi connectivity index (χ2v) is 15.5. The standard InChI is InChI=1S/C36H53N3O7S/c1-25-14-17-31(18-15-25)47(43,44)38(5)23-34-26(2)22-39(27(3)24-40)36(42)32-21-30(37-35(41)29-12-7-6-8-13-29)16-19-33(32)46-28(4)11-9-10-20-45-34/h14-19,21,26-29,34,40H,6-13,20,22-24H2,1-5H3,(H,37,41)/t26-,27+,28-,34+/m1/s1. The first-order valence-electron chi connectivity index (χ1n) is 17.1. The highest BCUT2D eigenvalue weighted by Gasteiger charge is 2.32. The number of nitrogens with one attached hydrogen (secondary N) is 1. The van der Waals surface area contributed by atoms with Gasteiger partial charge >= 0.3 is 0 Å². The minimum Gasteiger partial charge on any atom is -0.490 e. The summed E-state index contributed by atoms with van der Waals surface area (Å²) < 4.78 is 40.9. The van der Waals surface area contributed by atoms with E-state index in [0.29, 0.717) is 23.6 Å². The van der Waals surface area contributed by atoms with Crippen molar-refractivity contribution < 1.29 is 32.6 Å². The summed E-state index contributed by atoms with van der Waals surface area (Å²) in [6.45, 7) is 8.05. The molecule has 10 nitrogen and oxygen atoms in total. The van der Waals surface area contributed by atoms with Crippen LogP contribution in [0.3, 0.4) is 0 Å². The van der Waals surface area contributed by atoms with E-state index in [0.717, 1.165) is 56.9 Å². The van der Waals surface area contributed by atoms with Gasteiger partial charge in [0.25, 0.3) is 5.91 Å². The van der Waals surface area contributed by atoms with E-state index in [4.69, 9.17) is 9.47 Å². The zero-order valence-electron chi connectivity index (χ0n) is 28.6. The minimum absolute atomic E-state index is 0.0359. The van der Waals surface area contributed by atoms with E-state index in [1.165, 1.54) is 4.31 Å². The van der Waals surface area contributed by atoms with Crippen LogP contribution in [0.2, 0.25) is 0 Å². The number of aliphatic hydroxyl groups excluding tert-OH is 1. The summed E-state index contributed by atoms with van der Waals surface area (Å²) in [6.07, 6.45) is 6.57. The van der Waals surface area contributed by atoms with Crippen LogP contribution in [0.25, 0.3) is 0 Å². The number of anilines is 1. The number of hydrogen-bond acceptors (Lipinski definition) is 7. The second-order valence-electron chi connectivity index (χ2n) is 13.4. The first kappa shape index (κ1) is 36.8. The SMILES string of the molecule is Cc1ccc(S(=O)(=O)N(C)C[C@@H]2OCCCC[C@@H](C)Oc3ccc(NC(=O)C4CCCCC4)cc3C(=O)N([C@@H](C)CO)C[C@H]2C)cc1. The molecule has 1 saturated carbocycles. The summed E-state index contributed by atoms with van der Waals surface area (Å²) in [5.41, 5.74) is 1.80. The Labute approximate surface area is 280 Å². The highest BCUT2D eigenvalue weighted by Crippen LogP contribution is 2.30. The van der Waals surface area contributed by atoms with E-state index < -0.39 is 22.2 Å². The molecule has 1 aliphatic heterocycles. The van der Waals surface area contributed by atoms with Gasteiger partial charge in [-0.3, -0.25) is 9.59 Å². The van der Waals surface area contributed by atoms with E-state index >= 15 is 0 Å². The normalized spacial score (nSPS) is 23.0. The lowest BCUT2D eigenvalue weighted by Crippen LogP contribution is -2.48. The molecule has 0 bridgehead atoms. The van der Waals surface area contributed by atoms with Gasteiger partial charge in [0.05, 0.1) is 35.3 Å². The molecule has 2 aromatic rings. The molecule has 260 valence electrons. The zero-order chi connectivity index (χ0) is 34.1. The van der Waals surface area contributed by atoms with Crippen LogP contribution in [0, 0.1) is 18.8 Å². The Hall–Kier alpha value is -2.99. The molecule has 4 rings (SSSR count). The number of fused-ring (bicyclic) bond motifs is 1. The molecule has 2 aromatic carbocycles. The molecule has 0 spiro atoms. The highest BCUT2D eigenvalue weighted by molar-refractivity contribution is 7.89. The number of aliphatic hydroxyl groups is 1. The number of aryl methyl sites for hydroxylation is 1. The van der Waals surface area contributed by atoms with Crippen molar-refractivity contribution in [3.05, 3.63) is 53.6 Å². The van der Waals surface area contributed by atoms with Crippen LogP contribution in [0.4, 0.5) is 5.69 Å². The number of rotatable bonds is 8. The Bertz CT molecular complexity index is 1440. The fourth-order valence-corrected chi connectivity index (χ4v) is 7.50. The molecule has 2 amide bonds. The molecule has 1 fully saturated rings. The van der Waals surface area contributed by atoms with Gasteiger partial charge in [-0.15, -0.1) is 0 Å². The van der Waals surface area contributed by atoms with Crippen LogP contribution in [0.5, 0.6) is 5.75 Å². The lowest BCUT2D eigenvalue weighted by molar-refractivity contribution is -0.120. The smallest absolute Gasteiger partial charge is 0.258 e. The number of carbonyl (C=O) groups excluding carboxylic acids is 2. The maximum Gasteiger partial charge on any atom is 0.258 e. The first-order chi connectivity index (χ1) is 22.4. The predicted molar refractivity (Wildman–Crippen MR) is 183 cm³/mol. The average molecular weight is 672 g/mol. The molecular weight excluding hydrogens is 618 g/mol. The van der Waals surface area contributed by atoms with Crippen molar-refractivity contribution in [3.8, 4) is 5.75 Å². The number of hydrogen-bond donors (Lipinski definition) is 2. The number of nitrogens with zero attached hydrogens (tertiary/aromatic N) is 2. The Balaban J connectivity index is 1.62. The molecule has 2 N–H and O–H groups in total. The lowest BCUT2D eigenvalue weighted by atomic mass is 9.88. The van der Waals surface area contributed by atoms with Crippen molar-refractivity contribution in [2.75, 3.05) is 38.7 Å². The van der Waals surface area contributed by atoms with Crippen LogP contribution in [-0.4, -0.2) is 86.1 Å². The minimum atomic E-state index is -3.77. The number of likely N-dealkylation sites (N-methyl/N-ethyl adjacent to an activating group) is 1. The quantitative estimate of drug-likeness (QED) is 0.373. The summed E-state index contributed by atoms with van der Waals surface area (Å²) in [5.74, 6) is -0.281. The van der Waals surface area contributed by atoms with Gasteiger partial charge < -0.3 is 24.8 Å². The monoisotopic (exact) mass is 671 g/mol. The van der Waals surface area contributed by atoms with E-state index in [-0.39, 0.29) is 54.3 Å². The first-order valence-corrected chi connectivity index (χ1v) is 18.5. The number of carbonyl (C=O) groups is 2. The summed E-state index contributed by atoms with van der Waals surface area (Å²) in [6, 6.07) is 11.4. The van der Waals surface area contributed by atoms with Crippen LogP contribution < -0.4 is 10.1 Å². The van der Waals surface area contributed by atoms with Gasteiger partial charge in [-0.05, 0) is 83.2 Å². The van der Waals surface area contributed by atoms with Gasteiger partial charge in [0, 0.05) is 44.3 Å². The van der Waals surface area contributed by atoms with Gasteiger partial charge in [0.1, 0.15) is 5.75 Å². The topological polar surface area (TPSA) is 125 Å². The largest absolute Gasteiger partial charge is 0.490 e. The third-order valence-electron chi connectivity index (χ3n) is 9.46. The summed E-state index contributed by atoms with van der Waals surface area (Å²) in [5, 5.41) is 13.3. The van der Waals surface area contributed by atoms with Crippen LogP contribution >= 0.6 is 0 Å². The van der Waals surface area contributed by atoms with Gasteiger partial charge in [-0.2, -0.15) is 4.31 Å². The Kier molecular flexibility index (Phi) is 13.2. The van der Waals surface area contributed by atoms with Crippen molar-refractivity contribution in [3.63, 3.8) is 0 Å². The maximum absolute atomic E-state index is 14.4.